The maximum atomic E-state index is 12.4. The second-order valence-electron chi connectivity index (χ2n) is 6.69. The summed E-state index contributed by atoms with van der Waals surface area (Å²) in [6.07, 6.45) is 1.86. The maximum absolute atomic E-state index is 12.4. The van der Waals surface area contributed by atoms with E-state index in [9.17, 15) is 9.59 Å². The van der Waals surface area contributed by atoms with Crippen molar-refractivity contribution in [1.29, 1.82) is 0 Å². The fraction of sp³-hybridized carbons (Fsp3) is 0.0870. The molecule has 144 valence electrons. The van der Waals surface area contributed by atoms with Crippen molar-refractivity contribution >= 4 is 34.3 Å². The quantitative estimate of drug-likeness (QED) is 0.527. The van der Waals surface area contributed by atoms with Gasteiger partial charge in [0.25, 0.3) is 5.91 Å². The minimum atomic E-state index is -0.322. The molecule has 0 fully saturated rings. The summed E-state index contributed by atoms with van der Waals surface area (Å²) in [6.45, 7) is 1.89. The zero-order valence-electron chi connectivity index (χ0n) is 15.8. The first-order valence-corrected chi connectivity index (χ1v) is 9.19. The molecule has 4 aromatic rings. The van der Waals surface area contributed by atoms with Gasteiger partial charge in [-0.15, -0.1) is 0 Å². The lowest BCUT2D eigenvalue weighted by Crippen LogP contribution is -2.16. The summed E-state index contributed by atoms with van der Waals surface area (Å²) >= 11 is 0. The number of furan rings is 1. The van der Waals surface area contributed by atoms with E-state index in [1.807, 2.05) is 43.3 Å². The number of carbonyl (C=O) groups excluding carboxylic acids is 2. The topological polar surface area (TPSA) is 84.2 Å². The number of amides is 2. The van der Waals surface area contributed by atoms with Gasteiger partial charge in [-0.25, -0.2) is 4.98 Å². The molecular formula is C23H19N3O3. The van der Waals surface area contributed by atoms with Gasteiger partial charge in [0, 0.05) is 17.3 Å². The molecule has 2 amide bonds. The van der Waals surface area contributed by atoms with Crippen molar-refractivity contribution in [2.24, 2.45) is 0 Å². The van der Waals surface area contributed by atoms with Crippen molar-refractivity contribution in [3.63, 3.8) is 0 Å². The molecular weight excluding hydrogens is 366 g/mol. The molecule has 0 radical (unpaired) electrons. The largest absolute Gasteiger partial charge is 0.451 e. The van der Waals surface area contributed by atoms with Gasteiger partial charge in [-0.2, -0.15) is 0 Å². The molecule has 0 aliphatic rings. The predicted molar refractivity (Wildman–Crippen MR) is 112 cm³/mol. The number of aryl methyl sites for hydroxylation is 1. The SMILES string of the molecule is Cc1cccnc1NC(=O)Cc1ccc(NC(=O)c2cc3ccccc3o2)cc1. The van der Waals surface area contributed by atoms with Gasteiger partial charge in [-0.1, -0.05) is 36.4 Å². The van der Waals surface area contributed by atoms with E-state index >= 15 is 0 Å². The summed E-state index contributed by atoms with van der Waals surface area (Å²) in [5.41, 5.74) is 3.03. The molecule has 0 atom stereocenters. The second kappa shape index (κ2) is 7.98. The van der Waals surface area contributed by atoms with E-state index in [1.165, 1.54) is 0 Å². The molecule has 0 bridgehead atoms. The molecule has 6 heteroatoms. The first kappa shape index (κ1) is 18.4. The van der Waals surface area contributed by atoms with Crippen molar-refractivity contribution in [2.45, 2.75) is 13.3 Å². The number of hydrogen-bond acceptors (Lipinski definition) is 4. The van der Waals surface area contributed by atoms with Crippen molar-refractivity contribution in [2.75, 3.05) is 10.6 Å². The molecule has 0 aliphatic carbocycles. The number of para-hydroxylation sites is 1. The van der Waals surface area contributed by atoms with Crippen molar-refractivity contribution < 1.29 is 14.0 Å². The van der Waals surface area contributed by atoms with Crippen LogP contribution in [0.3, 0.4) is 0 Å². The zero-order chi connectivity index (χ0) is 20.2. The molecule has 0 spiro atoms. The lowest BCUT2D eigenvalue weighted by atomic mass is 10.1. The maximum Gasteiger partial charge on any atom is 0.291 e. The molecule has 4 rings (SSSR count). The molecule has 2 heterocycles. The molecule has 0 unspecified atom stereocenters. The molecule has 2 aromatic carbocycles. The van der Waals surface area contributed by atoms with Crippen LogP contribution >= 0.6 is 0 Å². The van der Waals surface area contributed by atoms with Crippen LogP contribution in [0.5, 0.6) is 0 Å². The number of nitrogens with zero attached hydrogens (tertiary/aromatic N) is 1. The van der Waals surface area contributed by atoms with Crippen LogP contribution in [-0.4, -0.2) is 16.8 Å². The first-order chi connectivity index (χ1) is 14.1. The third-order valence-electron chi connectivity index (χ3n) is 4.49. The molecule has 0 aliphatic heterocycles. The van der Waals surface area contributed by atoms with Crippen LogP contribution < -0.4 is 10.6 Å². The lowest BCUT2D eigenvalue weighted by Gasteiger charge is -2.08. The Bertz CT molecular complexity index is 1150. The Kier molecular flexibility index (Phi) is 5.07. The van der Waals surface area contributed by atoms with Crippen LogP contribution in [0.15, 0.2) is 77.3 Å². The summed E-state index contributed by atoms with van der Waals surface area (Å²) in [4.78, 5) is 28.8. The highest BCUT2D eigenvalue weighted by Gasteiger charge is 2.12. The van der Waals surface area contributed by atoms with Crippen LogP contribution in [0, 0.1) is 6.92 Å². The van der Waals surface area contributed by atoms with Gasteiger partial charge in [-0.05, 0) is 48.4 Å². The number of aromatic nitrogens is 1. The van der Waals surface area contributed by atoms with Gasteiger partial charge in [0.05, 0.1) is 6.42 Å². The Balaban J connectivity index is 1.38. The van der Waals surface area contributed by atoms with Gasteiger partial charge >= 0.3 is 0 Å². The smallest absolute Gasteiger partial charge is 0.291 e. The van der Waals surface area contributed by atoms with Crippen LogP contribution in [0.1, 0.15) is 21.7 Å². The average Bonchev–Trinajstić information content (AvgIpc) is 3.16. The number of fused-ring (bicyclic) bond motifs is 1. The van der Waals surface area contributed by atoms with Gasteiger partial charge in [0.15, 0.2) is 5.76 Å². The van der Waals surface area contributed by atoms with E-state index in [4.69, 9.17) is 4.42 Å². The Morgan fingerprint density at radius 1 is 0.966 bits per heavy atom. The van der Waals surface area contributed by atoms with Crippen molar-refractivity contribution in [1.82, 2.24) is 4.98 Å². The van der Waals surface area contributed by atoms with Crippen LogP contribution in [0.4, 0.5) is 11.5 Å². The summed E-state index contributed by atoms with van der Waals surface area (Å²) < 4.78 is 5.57. The van der Waals surface area contributed by atoms with E-state index in [0.717, 1.165) is 16.5 Å². The minimum absolute atomic E-state index is 0.147. The van der Waals surface area contributed by atoms with E-state index in [-0.39, 0.29) is 24.0 Å². The summed E-state index contributed by atoms with van der Waals surface area (Å²) in [5, 5.41) is 6.49. The van der Waals surface area contributed by atoms with E-state index in [0.29, 0.717) is 17.1 Å². The van der Waals surface area contributed by atoms with Gasteiger partial charge in [0.1, 0.15) is 11.4 Å². The number of carbonyl (C=O) groups is 2. The standard InChI is InChI=1S/C23H19N3O3/c1-15-5-4-12-24-22(15)26-21(27)13-16-8-10-18(11-9-16)25-23(28)20-14-17-6-2-3-7-19(17)29-20/h2-12,14H,13H2,1H3,(H,25,28)(H,24,26,27). The Morgan fingerprint density at radius 3 is 2.52 bits per heavy atom. The molecule has 29 heavy (non-hydrogen) atoms. The number of rotatable bonds is 5. The molecule has 6 nitrogen and oxygen atoms in total. The van der Waals surface area contributed by atoms with Crippen LogP contribution in [0.25, 0.3) is 11.0 Å². The van der Waals surface area contributed by atoms with Gasteiger partial charge in [-0.3, -0.25) is 9.59 Å². The van der Waals surface area contributed by atoms with Crippen molar-refractivity contribution in [3.8, 4) is 0 Å². The highest BCUT2D eigenvalue weighted by atomic mass is 16.3. The van der Waals surface area contributed by atoms with Crippen molar-refractivity contribution in [3.05, 3.63) is 89.8 Å². The number of anilines is 2. The normalized spacial score (nSPS) is 10.7. The zero-order valence-corrected chi connectivity index (χ0v) is 15.8. The monoisotopic (exact) mass is 385 g/mol. The summed E-state index contributed by atoms with van der Waals surface area (Å²) in [6, 6.07) is 20.0. The fourth-order valence-electron chi connectivity index (χ4n) is 2.97. The fourth-order valence-corrected chi connectivity index (χ4v) is 2.97. The summed E-state index contributed by atoms with van der Waals surface area (Å²) in [7, 11) is 0. The third-order valence-corrected chi connectivity index (χ3v) is 4.49. The minimum Gasteiger partial charge on any atom is -0.451 e. The Morgan fingerprint density at radius 2 is 1.76 bits per heavy atom. The van der Waals surface area contributed by atoms with E-state index < -0.39 is 0 Å². The second-order valence-corrected chi connectivity index (χ2v) is 6.69. The highest BCUT2D eigenvalue weighted by Crippen LogP contribution is 2.20. The van der Waals surface area contributed by atoms with Crippen LogP contribution in [-0.2, 0) is 11.2 Å². The Hall–Kier alpha value is -3.93. The lowest BCUT2D eigenvalue weighted by molar-refractivity contribution is -0.115. The highest BCUT2D eigenvalue weighted by molar-refractivity contribution is 6.04. The predicted octanol–water partition coefficient (Wildman–Crippen LogP) is 4.57. The Labute approximate surface area is 167 Å². The number of hydrogen-bond donors (Lipinski definition) is 2. The molecule has 2 N–H and O–H groups in total. The first-order valence-electron chi connectivity index (χ1n) is 9.19. The molecule has 0 saturated carbocycles. The molecule has 0 saturated heterocycles. The summed E-state index contributed by atoms with van der Waals surface area (Å²) in [5.74, 6) is 0.343. The van der Waals surface area contributed by atoms with Gasteiger partial charge < -0.3 is 15.1 Å². The number of pyridine rings is 1. The average molecular weight is 385 g/mol. The van der Waals surface area contributed by atoms with Gasteiger partial charge in [0.2, 0.25) is 5.91 Å². The van der Waals surface area contributed by atoms with E-state index in [1.54, 1.807) is 36.5 Å². The molecule has 2 aromatic heterocycles. The number of benzene rings is 2. The van der Waals surface area contributed by atoms with Crippen LogP contribution in [0.2, 0.25) is 0 Å². The number of nitrogens with one attached hydrogen (secondary N) is 2. The third kappa shape index (κ3) is 4.32. The van der Waals surface area contributed by atoms with E-state index in [2.05, 4.69) is 15.6 Å².